The quantitative estimate of drug-likeness (QED) is 0.0899. The molecule has 3 aromatic carbocycles. The fourth-order valence-corrected chi connectivity index (χ4v) is 5.15. The van der Waals surface area contributed by atoms with E-state index >= 15 is 0 Å². The number of hydrogen-bond donors (Lipinski definition) is 1. The zero-order chi connectivity index (χ0) is 28.9. The largest absolute Gasteiger partial charge is 0.491 e. The van der Waals surface area contributed by atoms with Gasteiger partial charge >= 0.3 is 0 Å². The number of rotatable bonds is 15. The second-order valence-electron chi connectivity index (χ2n) is 9.74. The number of nitrogens with zero attached hydrogens (tertiary/aromatic N) is 2. The third-order valence-corrected chi connectivity index (χ3v) is 7.74. The molecule has 0 aliphatic carbocycles. The standard InChI is InChI=1S/C34H39N3O3S/c1-4-6-19-39-20-21-40-32-14-9-27(10-15-32)29-8-7-26(5-2)28(22-29)11-18-34(38)36-30-12-16-33(17-13-30)41-24-31-23-35-25-37(31)3/h7-18,22-23,25H,4-6,19-21,24H2,1-3H3,(H,36,38)/b18-11+. The van der Waals surface area contributed by atoms with Crippen molar-refractivity contribution in [2.75, 3.05) is 25.1 Å². The average Bonchev–Trinajstić information content (AvgIpc) is 3.42. The maximum Gasteiger partial charge on any atom is 0.248 e. The van der Waals surface area contributed by atoms with Gasteiger partial charge in [0.05, 0.1) is 12.9 Å². The molecule has 7 heteroatoms. The minimum absolute atomic E-state index is 0.159. The lowest BCUT2D eigenvalue weighted by molar-refractivity contribution is -0.111. The second-order valence-corrected chi connectivity index (χ2v) is 10.8. The minimum atomic E-state index is -0.159. The van der Waals surface area contributed by atoms with E-state index in [4.69, 9.17) is 9.47 Å². The third-order valence-electron chi connectivity index (χ3n) is 6.69. The van der Waals surface area contributed by atoms with Crippen LogP contribution >= 0.6 is 11.8 Å². The molecule has 1 N–H and O–H groups in total. The van der Waals surface area contributed by atoms with Crippen molar-refractivity contribution in [2.45, 2.75) is 43.8 Å². The summed E-state index contributed by atoms with van der Waals surface area (Å²) in [5, 5.41) is 2.97. The van der Waals surface area contributed by atoms with Gasteiger partial charge in [0.15, 0.2) is 0 Å². The van der Waals surface area contributed by atoms with Crippen LogP contribution in [0.25, 0.3) is 17.2 Å². The van der Waals surface area contributed by atoms with E-state index in [0.29, 0.717) is 13.2 Å². The van der Waals surface area contributed by atoms with Gasteiger partial charge in [0.1, 0.15) is 12.4 Å². The Morgan fingerprint density at radius 3 is 2.46 bits per heavy atom. The zero-order valence-electron chi connectivity index (χ0n) is 24.1. The molecule has 0 fully saturated rings. The summed E-state index contributed by atoms with van der Waals surface area (Å²) in [6.07, 6.45) is 10.3. The number of amides is 1. The molecule has 0 spiro atoms. The lowest BCUT2D eigenvalue weighted by atomic mass is 9.97. The van der Waals surface area contributed by atoms with E-state index in [9.17, 15) is 4.79 Å². The summed E-state index contributed by atoms with van der Waals surface area (Å²) in [6, 6.07) is 22.4. The Labute approximate surface area is 247 Å². The number of unbranched alkanes of at least 4 members (excludes halogenated alkanes) is 1. The van der Waals surface area contributed by atoms with Crippen LogP contribution in [0.1, 0.15) is 43.5 Å². The second kappa shape index (κ2) is 15.8. The van der Waals surface area contributed by atoms with Gasteiger partial charge in [-0.2, -0.15) is 0 Å². The van der Waals surface area contributed by atoms with E-state index in [2.05, 4.69) is 54.5 Å². The first-order valence-electron chi connectivity index (χ1n) is 14.2. The summed E-state index contributed by atoms with van der Waals surface area (Å²) in [4.78, 5) is 18.0. The number of carbonyl (C=O) groups is 1. The summed E-state index contributed by atoms with van der Waals surface area (Å²) in [5.74, 6) is 1.51. The molecule has 214 valence electrons. The monoisotopic (exact) mass is 569 g/mol. The summed E-state index contributed by atoms with van der Waals surface area (Å²) >= 11 is 1.74. The van der Waals surface area contributed by atoms with Crippen molar-refractivity contribution in [3.63, 3.8) is 0 Å². The number of nitrogens with one attached hydrogen (secondary N) is 1. The number of thioether (sulfide) groups is 1. The summed E-state index contributed by atoms with van der Waals surface area (Å²) in [7, 11) is 2.00. The average molecular weight is 570 g/mol. The lowest BCUT2D eigenvalue weighted by Gasteiger charge is -2.10. The Bertz CT molecular complexity index is 1410. The van der Waals surface area contributed by atoms with Gasteiger partial charge in [-0.3, -0.25) is 4.79 Å². The molecule has 0 atom stereocenters. The number of carbonyl (C=O) groups excluding carboxylic acids is 1. The summed E-state index contributed by atoms with van der Waals surface area (Å²) in [5.41, 5.74) is 6.35. The molecular formula is C34H39N3O3S. The van der Waals surface area contributed by atoms with Gasteiger partial charge in [-0.25, -0.2) is 4.98 Å². The molecule has 1 heterocycles. The molecule has 1 amide bonds. The van der Waals surface area contributed by atoms with E-state index in [-0.39, 0.29) is 5.91 Å². The zero-order valence-corrected chi connectivity index (χ0v) is 25.0. The SMILES string of the molecule is CCCCOCCOc1ccc(-c2ccc(CC)c(/C=C/C(=O)Nc3ccc(SCc4cncn4C)cc3)c2)cc1. The van der Waals surface area contributed by atoms with Crippen LogP contribution < -0.4 is 10.1 Å². The normalized spacial score (nSPS) is 11.2. The molecule has 0 unspecified atom stereocenters. The first kappa shape index (κ1) is 30.2. The summed E-state index contributed by atoms with van der Waals surface area (Å²) < 4.78 is 13.4. The molecule has 0 bridgehead atoms. The van der Waals surface area contributed by atoms with Crippen LogP contribution in [0.3, 0.4) is 0 Å². The van der Waals surface area contributed by atoms with Crippen molar-refractivity contribution >= 4 is 29.4 Å². The van der Waals surface area contributed by atoms with Gasteiger partial charge in [0, 0.05) is 48.0 Å². The fourth-order valence-electron chi connectivity index (χ4n) is 4.23. The van der Waals surface area contributed by atoms with Gasteiger partial charge in [-0.1, -0.05) is 44.5 Å². The Morgan fingerprint density at radius 2 is 1.76 bits per heavy atom. The lowest BCUT2D eigenvalue weighted by Crippen LogP contribution is -2.07. The van der Waals surface area contributed by atoms with Crippen LogP contribution in [0.15, 0.2) is 90.2 Å². The van der Waals surface area contributed by atoms with E-state index < -0.39 is 0 Å². The molecule has 6 nitrogen and oxygen atoms in total. The Kier molecular flexibility index (Phi) is 11.7. The van der Waals surface area contributed by atoms with Crippen LogP contribution in [0.5, 0.6) is 5.75 Å². The Hall–Kier alpha value is -3.81. The van der Waals surface area contributed by atoms with Gasteiger partial charge in [-0.15, -0.1) is 11.8 Å². The van der Waals surface area contributed by atoms with Gasteiger partial charge in [0.2, 0.25) is 5.91 Å². The van der Waals surface area contributed by atoms with E-state index in [1.165, 1.54) is 5.56 Å². The fraction of sp³-hybridized carbons (Fsp3) is 0.294. The number of hydrogen-bond acceptors (Lipinski definition) is 5. The van der Waals surface area contributed by atoms with E-state index in [1.807, 2.05) is 66.6 Å². The molecular weight excluding hydrogens is 530 g/mol. The predicted molar refractivity (Wildman–Crippen MR) is 169 cm³/mol. The topological polar surface area (TPSA) is 65.4 Å². The van der Waals surface area contributed by atoms with E-state index in [0.717, 1.165) is 70.3 Å². The number of benzene rings is 3. The van der Waals surface area contributed by atoms with Crippen LogP contribution in [0.2, 0.25) is 0 Å². The van der Waals surface area contributed by atoms with Crippen LogP contribution in [-0.2, 0) is 28.8 Å². The third kappa shape index (κ3) is 9.37. The van der Waals surface area contributed by atoms with Gasteiger partial charge in [-0.05, 0) is 83.6 Å². The number of aromatic nitrogens is 2. The van der Waals surface area contributed by atoms with Crippen molar-refractivity contribution in [1.82, 2.24) is 9.55 Å². The first-order valence-corrected chi connectivity index (χ1v) is 15.1. The van der Waals surface area contributed by atoms with Crippen LogP contribution in [0, 0.1) is 0 Å². The highest BCUT2D eigenvalue weighted by molar-refractivity contribution is 7.98. The van der Waals surface area contributed by atoms with Crippen molar-refractivity contribution < 1.29 is 14.3 Å². The molecule has 41 heavy (non-hydrogen) atoms. The van der Waals surface area contributed by atoms with Gasteiger partial charge < -0.3 is 19.4 Å². The predicted octanol–water partition coefficient (Wildman–Crippen LogP) is 7.79. The maximum absolute atomic E-state index is 12.7. The smallest absolute Gasteiger partial charge is 0.248 e. The first-order chi connectivity index (χ1) is 20.1. The molecule has 0 saturated heterocycles. The number of anilines is 1. The maximum atomic E-state index is 12.7. The molecule has 4 rings (SSSR count). The van der Waals surface area contributed by atoms with Crippen LogP contribution in [0.4, 0.5) is 5.69 Å². The molecule has 0 radical (unpaired) electrons. The summed E-state index contributed by atoms with van der Waals surface area (Å²) in [6.45, 7) is 6.20. The highest BCUT2D eigenvalue weighted by atomic mass is 32.2. The number of imidazole rings is 1. The Morgan fingerprint density at radius 1 is 0.976 bits per heavy atom. The molecule has 0 aliphatic heterocycles. The highest BCUT2D eigenvalue weighted by Crippen LogP contribution is 2.27. The van der Waals surface area contributed by atoms with Gasteiger partial charge in [0.25, 0.3) is 0 Å². The van der Waals surface area contributed by atoms with Crippen molar-refractivity contribution in [1.29, 1.82) is 0 Å². The minimum Gasteiger partial charge on any atom is -0.491 e. The van der Waals surface area contributed by atoms with Crippen LogP contribution in [-0.4, -0.2) is 35.3 Å². The van der Waals surface area contributed by atoms with E-state index in [1.54, 1.807) is 17.8 Å². The highest BCUT2D eigenvalue weighted by Gasteiger charge is 2.06. The van der Waals surface area contributed by atoms with Crippen molar-refractivity contribution in [3.8, 4) is 16.9 Å². The molecule has 0 saturated carbocycles. The molecule has 4 aromatic rings. The molecule has 1 aromatic heterocycles. The number of ether oxygens (including phenoxy) is 2. The van der Waals surface area contributed by atoms with Crippen molar-refractivity contribution in [3.05, 3.63) is 102 Å². The molecule has 0 aliphatic rings. The van der Waals surface area contributed by atoms with Crippen molar-refractivity contribution in [2.24, 2.45) is 7.05 Å². The Balaban J connectivity index is 1.32. The number of aryl methyl sites for hydroxylation is 2.